The van der Waals surface area contributed by atoms with Crippen LogP contribution in [0.1, 0.15) is 36.5 Å². The number of benzene rings is 1. The minimum atomic E-state index is -0.334. The SMILES string of the molecule is CCCCN1C[C@@H](C(=O)Nc2ccc(C(=O)Nc3ccncc3)cc2)CC1=O. The maximum absolute atomic E-state index is 12.5. The van der Waals surface area contributed by atoms with Crippen molar-refractivity contribution in [3.05, 3.63) is 54.4 Å². The standard InChI is InChI=1S/C21H24N4O3/c1-2-3-12-25-14-16(13-19(25)26)21(28)23-17-6-4-15(5-7-17)20(27)24-18-8-10-22-11-9-18/h4-11,16H,2-3,12-14H2,1H3,(H,23,28)(H,22,24,27)/t16-/m0/s1. The molecule has 1 aliphatic heterocycles. The summed E-state index contributed by atoms with van der Waals surface area (Å²) in [5.74, 6) is -0.700. The Balaban J connectivity index is 1.54. The van der Waals surface area contributed by atoms with Crippen LogP contribution in [0, 0.1) is 5.92 Å². The van der Waals surface area contributed by atoms with Crippen molar-refractivity contribution in [3.63, 3.8) is 0 Å². The molecule has 3 amide bonds. The number of hydrogen-bond acceptors (Lipinski definition) is 4. The van der Waals surface area contributed by atoms with E-state index in [4.69, 9.17) is 0 Å². The molecule has 0 unspecified atom stereocenters. The van der Waals surface area contributed by atoms with E-state index in [1.807, 2.05) is 0 Å². The van der Waals surface area contributed by atoms with Gasteiger partial charge >= 0.3 is 0 Å². The van der Waals surface area contributed by atoms with Gasteiger partial charge < -0.3 is 15.5 Å². The van der Waals surface area contributed by atoms with Crippen molar-refractivity contribution in [2.45, 2.75) is 26.2 Å². The number of likely N-dealkylation sites (tertiary alicyclic amines) is 1. The Bertz CT molecular complexity index is 836. The Hall–Kier alpha value is -3.22. The fraction of sp³-hybridized carbons (Fsp3) is 0.333. The van der Waals surface area contributed by atoms with Crippen molar-refractivity contribution < 1.29 is 14.4 Å². The highest BCUT2D eigenvalue weighted by molar-refractivity contribution is 6.04. The summed E-state index contributed by atoms with van der Waals surface area (Å²) in [6.45, 7) is 3.25. The summed E-state index contributed by atoms with van der Waals surface area (Å²) in [6, 6.07) is 10.1. The van der Waals surface area contributed by atoms with Gasteiger partial charge in [0.25, 0.3) is 5.91 Å². The molecule has 3 rings (SSSR count). The number of pyridine rings is 1. The van der Waals surface area contributed by atoms with Gasteiger partial charge in [-0.15, -0.1) is 0 Å². The van der Waals surface area contributed by atoms with E-state index < -0.39 is 0 Å². The summed E-state index contributed by atoms with van der Waals surface area (Å²) >= 11 is 0. The van der Waals surface area contributed by atoms with Crippen LogP contribution in [-0.2, 0) is 9.59 Å². The molecule has 28 heavy (non-hydrogen) atoms. The third kappa shape index (κ3) is 4.94. The smallest absolute Gasteiger partial charge is 0.255 e. The van der Waals surface area contributed by atoms with Gasteiger partial charge in [-0.2, -0.15) is 0 Å². The van der Waals surface area contributed by atoms with E-state index in [1.54, 1.807) is 53.7 Å². The highest BCUT2D eigenvalue weighted by atomic mass is 16.2. The Morgan fingerprint density at radius 1 is 1.07 bits per heavy atom. The van der Waals surface area contributed by atoms with Gasteiger partial charge in [-0.25, -0.2) is 0 Å². The summed E-state index contributed by atoms with van der Waals surface area (Å²) < 4.78 is 0. The number of anilines is 2. The second-order valence-electron chi connectivity index (χ2n) is 6.85. The molecule has 7 nitrogen and oxygen atoms in total. The monoisotopic (exact) mass is 380 g/mol. The van der Waals surface area contributed by atoms with Crippen LogP contribution in [-0.4, -0.2) is 40.7 Å². The summed E-state index contributed by atoms with van der Waals surface area (Å²) in [4.78, 5) is 42.4. The first kappa shape index (κ1) is 19.5. The Morgan fingerprint density at radius 2 is 1.75 bits per heavy atom. The van der Waals surface area contributed by atoms with Crippen LogP contribution in [0.2, 0.25) is 0 Å². The van der Waals surface area contributed by atoms with Crippen LogP contribution in [0.5, 0.6) is 0 Å². The second kappa shape index (κ2) is 9.12. The molecule has 0 spiro atoms. The fourth-order valence-corrected chi connectivity index (χ4v) is 3.10. The zero-order valence-electron chi connectivity index (χ0n) is 15.9. The number of rotatable bonds is 7. The van der Waals surface area contributed by atoms with Gasteiger partial charge in [0.15, 0.2) is 0 Å². The normalized spacial score (nSPS) is 16.1. The molecular formula is C21H24N4O3. The van der Waals surface area contributed by atoms with Gasteiger partial charge in [-0.3, -0.25) is 19.4 Å². The van der Waals surface area contributed by atoms with Gasteiger partial charge in [0.2, 0.25) is 11.8 Å². The average molecular weight is 380 g/mol. The summed E-state index contributed by atoms with van der Waals surface area (Å²) in [5, 5.41) is 5.62. The number of aromatic nitrogens is 1. The Kier molecular flexibility index (Phi) is 6.37. The van der Waals surface area contributed by atoms with Crippen LogP contribution in [0.15, 0.2) is 48.8 Å². The number of nitrogens with one attached hydrogen (secondary N) is 2. The van der Waals surface area contributed by atoms with Gasteiger partial charge in [-0.05, 0) is 42.8 Å². The number of amides is 3. The highest BCUT2D eigenvalue weighted by Crippen LogP contribution is 2.21. The lowest BCUT2D eigenvalue weighted by Crippen LogP contribution is -2.29. The fourth-order valence-electron chi connectivity index (χ4n) is 3.10. The van der Waals surface area contributed by atoms with Crippen molar-refractivity contribution in [2.75, 3.05) is 23.7 Å². The lowest BCUT2D eigenvalue weighted by molar-refractivity contribution is -0.128. The number of nitrogens with zero attached hydrogens (tertiary/aromatic N) is 2. The topological polar surface area (TPSA) is 91.4 Å². The molecule has 1 fully saturated rings. The highest BCUT2D eigenvalue weighted by Gasteiger charge is 2.33. The molecule has 1 aromatic heterocycles. The quantitative estimate of drug-likeness (QED) is 0.773. The minimum Gasteiger partial charge on any atom is -0.342 e. The first-order valence-electron chi connectivity index (χ1n) is 9.47. The van der Waals surface area contributed by atoms with E-state index in [2.05, 4.69) is 22.5 Å². The van der Waals surface area contributed by atoms with Crippen LogP contribution in [0.25, 0.3) is 0 Å². The third-order valence-electron chi connectivity index (χ3n) is 4.72. The second-order valence-corrected chi connectivity index (χ2v) is 6.85. The zero-order chi connectivity index (χ0) is 19.9. The van der Waals surface area contributed by atoms with Gasteiger partial charge in [-0.1, -0.05) is 13.3 Å². The summed E-state index contributed by atoms with van der Waals surface area (Å²) in [7, 11) is 0. The molecule has 1 atom stereocenters. The third-order valence-corrected chi connectivity index (χ3v) is 4.72. The largest absolute Gasteiger partial charge is 0.342 e. The lowest BCUT2D eigenvalue weighted by atomic mass is 10.1. The van der Waals surface area contributed by atoms with Gasteiger partial charge in [0, 0.05) is 48.8 Å². The number of carbonyl (C=O) groups excluding carboxylic acids is 3. The van der Waals surface area contributed by atoms with Gasteiger partial charge in [0.05, 0.1) is 5.92 Å². The van der Waals surface area contributed by atoms with E-state index in [0.29, 0.717) is 30.0 Å². The molecule has 0 saturated carbocycles. The van der Waals surface area contributed by atoms with E-state index in [1.165, 1.54) is 0 Å². The molecule has 0 bridgehead atoms. The molecule has 1 aliphatic rings. The summed E-state index contributed by atoms with van der Waals surface area (Å²) in [6.07, 6.45) is 5.42. The predicted octanol–water partition coefficient (Wildman–Crippen LogP) is 2.92. The first-order valence-corrected chi connectivity index (χ1v) is 9.47. The number of unbranched alkanes of at least 4 members (excludes halogenated alkanes) is 1. The van der Waals surface area contributed by atoms with Crippen molar-refractivity contribution in [3.8, 4) is 0 Å². The minimum absolute atomic E-state index is 0.0386. The molecule has 1 saturated heterocycles. The van der Waals surface area contributed by atoms with E-state index in [-0.39, 0.29) is 30.1 Å². The number of hydrogen-bond donors (Lipinski definition) is 2. The van der Waals surface area contributed by atoms with E-state index in [0.717, 1.165) is 12.8 Å². The van der Waals surface area contributed by atoms with Gasteiger partial charge in [0.1, 0.15) is 0 Å². The van der Waals surface area contributed by atoms with Crippen molar-refractivity contribution >= 4 is 29.1 Å². The van der Waals surface area contributed by atoms with Crippen LogP contribution in [0.3, 0.4) is 0 Å². The van der Waals surface area contributed by atoms with Crippen molar-refractivity contribution in [2.24, 2.45) is 5.92 Å². The molecule has 1 aromatic carbocycles. The lowest BCUT2D eigenvalue weighted by Gasteiger charge is -2.16. The molecule has 2 N–H and O–H groups in total. The Labute approximate surface area is 164 Å². The Morgan fingerprint density at radius 3 is 2.43 bits per heavy atom. The summed E-state index contributed by atoms with van der Waals surface area (Å²) in [5.41, 5.74) is 1.75. The van der Waals surface area contributed by atoms with Crippen molar-refractivity contribution in [1.82, 2.24) is 9.88 Å². The zero-order valence-corrected chi connectivity index (χ0v) is 15.9. The van der Waals surface area contributed by atoms with E-state index >= 15 is 0 Å². The van der Waals surface area contributed by atoms with Crippen molar-refractivity contribution in [1.29, 1.82) is 0 Å². The predicted molar refractivity (Wildman–Crippen MR) is 107 cm³/mol. The average Bonchev–Trinajstić information content (AvgIpc) is 3.08. The molecule has 2 heterocycles. The van der Waals surface area contributed by atoms with E-state index in [9.17, 15) is 14.4 Å². The maximum atomic E-state index is 12.5. The molecule has 7 heteroatoms. The van der Waals surface area contributed by atoms with Crippen LogP contribution >= 0.6 is 0 Å². The van der Waals surface area contributed by atoms with Crippen LogP contribution < -0.4 is 10.6 Å². The molecule has 2 aromatic rings. The molecule has 0 radical (unpaired) electrons. The number of carbonyl (C=O) groups is 3. The van der Waals surface area contributed by atoms with Crippen LogP contribution in [0.4, 0.5) is 11.4 Å². The maximum Gasteiger partial charge on any atom is 0.255 e. The molecular weight excluding hydrogens is 356 g/mol. The molecule has 0 aliphatic carbocycles. The first-order chi connectivity index (χ1) is 13.6. The molecule has 146 valence electrons.